The molecule has 0 saturated carbocycles. The van der Waals surface area contributed by atoms with E-state index in [9.17, 15) is 4.79 Å². The lowest BCUT2D eigenvalue weighted by Crippen LogP contribution is -2.12. The molecule has 0 amide bonds. The predicted octanol–water partition coefficient (Wildman–Crippen LogP) is 0.280. The lowest BCUT2D eigenvalue weighted by atomic mass is 10.2. The summed E-state index contributed by atoms with van der Waals surface area (Å²) in [5, 5.41) is 9.09. The Kier molecular flexibility index (Phi) is 1.60. The van der Waals surface area contributed by atoms with Gasteiger partial charge in [-0.05, 0) is 13.8 Å². The smallest absolute Gasteiger partial charge is 0.246 e. The zero-order valence-corrected chi connectivity index (χ0v) is 6.43. The Morgan fingerprint density at radius 3 is 2.45 bits per heavy atom. The van der Waals surface area contributed by atoms with Gasteiger partial charge in [-0.1, -0.05) is 0 Å². The van der Waals surface area contributed by atoms with Crippen LogP contribution in [0.3, 0.4) is 0 Å². The molecule has 0 fully saturated rings. The van der Waals surface area contributed by atoms with Crippen molar-refractivity contribution in [1.82, 2.24) is 4.98 Å². The van der Waals surface area contributed by atoms with E-state index in [1.54, 1.807) is 13.8 Å². The summed E-state index contributed by atoms with van der Waals surface area (Å²) >= 11 is 0. The molecule has 60 valence electrons. The molecule has 0 aliphatic rings. The maximum Gasteiger partial charge on any atom is 0.246 e. The summed E-state index contributed by atoms with van der Waals surface area (Å²) < 4.78 is 0. The monoisotopic (exact) mass is 154 g/mol. The zero-order chi connectivity index (χ0) is 8.59. The molecule has 0 bridgehead atoms. The van der Waals surface area contributed by atoms with Crippen LogP contribution in [0.5, 0.6) is 5.75 Å². The summed E-state index contributed by atoms with van der Waals surface area (Å²) in [6.45, 7) is 3.30. The van der Waals surface area contributed by atoms with E-state index >= 15 is 0 Å². The number of nitrogens with one attached hydrogen (secondary N) is 1. The number of H-pyrrole nitrogens is 1. The molecule has 0 spiro atoms. The lowest BCUT2D eigenvalue weighted by molar-refractivity contribution is 0.462. The molecular formula is C7H10N2O2. The van der Waals surface area contributed by atoms with Gasteiger partial charge in [-0.2, -0.15) is 0 Å². The number of aromatic amines is 1. The summed E-state index contributed by atoms with van der Waals surface area (Å²) in [5.41, 5.74) is 5.96. The number of hydrogen-bond acceptors (Lipinski definition) is 3. The molecule has 0 radical (unpaired) electrons. The fourth-order valence-electron chi connectivity index (χ4n) is 0.876. The molecule has 0 aromatic carbocycles. The van der Waals surface area contributed by atoms with Gasteiger partial charge < -0.3 is 15.8 Å². The van der Waals surface area contributed by atoms with Crippen molar-refractivity contribution in [2.24, 2.45) is 0 Å². The van der Waals surface area contributed by atoms with E-state index in [0.29, 0.717) is 11.4 Å². The van der Waals surface area contributed by atoms with Gasteiger partial charge >= 0.3 is 0 Å². The van der Waals surface area contributed by atoms with E-state index in [2.05, 4.69) is 4.98 Å². The quantitative estimate of drug-likeness (QED) is 0.502. The predicted molar refractivity (Wildman–Crippen MR) is 42.6 cm³/mol. The van der Waals surface area contributed by atoms with E-state index in [1.807, 2.05) is 0 Å². The molecule has 1 rings (SSSR count). The van der Waals surface area contributed by atoms with Crippen LogP contribution in [0.25, 0.3) is 0 Å². The molecule has 0 saturated heterocycles. The van der Waals surface area contributed by atoms with Gasteiger partial charge in [-0.3, -0.25) is 4.79 Å². The van der Waals surface area contributed by atoms with Crippen LogP contribution in [0, 0.1) is 13.8 Å². The summed E-state index contributed by atoms with van der Waals surface area (Å²) in [4.78, 5) is 13.8. The van der Waals surface area contributed by atoms with Gasteiger partial charge in [0.25, 0.3) is 0 Å². The van der Waals surface area contributed by atoms with Crippen molar-refractivity contribution in [2.75, 3.05) is 5.73 Å². The van der Waals surface area contributed by atoms with E-state index < -0.39 is 5.43 Å². The van der Waals surface area contributed by atoms with Gasteiger partial charge in [0.05, 0.1) is 5.69 Å². The summed E-state index contributed by atoms with van der Waals surface area (Å²) in [6.07, 6.45) is 0. The largest absolute Gasteiger partial charge is 0.503 e. The number of hydrogen-bond donors (Lipinski definition) is 3. The Bertz CT molecular complexity index is 312. The third-order valence-electron chi connectivity index (χ3n) is 1.59. The Morgan fingerprint density at radius 2 is 1.91 bits per heavy atom. The zero-order valence-electron chi connectivity index (χ0n) is 6.43. The third kappa shape index (κ3) is 1.07. The first-order valence-corrected chi connectivity index (χ1v) is 3.22. The van der Waals surface area contributed by atoms with E-state index in [0.717, 1.165) is 0 Å². The number of pyridine rings is 1. The van der Waals surface area contributed by atoms with Crippen LogP contribution in [0.1, 0.15) is 11.4 Å². The van der Waals surface area contributed by atoms with E-state index in [4.69, 9.17) is 10.8 Å². The highest BCUT2D eigenvalue weighted by molar-refractivity contribution is 5.48. The standard InChI is InChI=1S/C7H10N2O2/c1-3-5(8)7(11)6(10)4(2)9-3/h10H,8H2,1-2H3,(H,9,11). The number of rotatable bonds is 0. The number of aromatic hydroxyl groups is 1. The maximum atomic E-state index is 11.0. The second-order valence-electron chi connectivity index (χ2n) is 2.47. The summed E-state index contributed by atoms with van der Waals surface area (Å²) in [7, 11) is 0. The van der Waals surface area contributed by atoms with E-state index in [1.165, 1.54) is 0 Å². The lowest BCUT2D eigenvalue weighted by Gasteiger charge is -2.02. The molecule has 0 aliphatic carbocycles. The van der Waals surface area contributed by atoms with Gasteiger partial charge in [0.15, 0.2) is 5.75 Å². The fourth-order valence-corrected chi connectivity index (χ4v) is 0.876. The first kappa shape index (κ1) is 7.65. The van der Waals surface area contributed by atoms with Crippen molar-refractivity contribution < 1.29 is 5.11 Å². The minimum absolute atomic E-state index is 0.0769. The van der Waals surface area contributed by atoms with Crippen molar-refractivity contribution in [3.63, 3.8) is 0 Å². The van der Waals surface area contributed by atoms with Gasteiger partial charge in [-0.25, -0.2) is 0 Å². The molecule has 4 nitrogen and oxygen atoms in total. The van der Waals surface area contributed by atoms with Gasteiger partial charge in [-0.15, -0.1) is 0 Å². The highest BCUT2D eigenvalue weighted by atomic mass is 16.3. The molecule has 11 heavy (non-hydrogen) atoms. The number of nitrogen functional groups attached to an aromatic ring is 1. The van der Waals surface area contributed by atoms with Crippen molar-refractivity contribution in [1.29, 1.82) is 0 Å². The van der Waals surface area contributed by atoms with Gasteiger partial charge in [0, 0.05) is 5.69 Å². The van der Waals surface area contributed by atoms with Crippen LogP contribution in [0.15, 0.2) is 4.79 Å². The van der Waals surface area contributed by atoms with Crippen LogP contribution in [-0.2, 0) is 0 Å². The van der Waals surface area contributed by atoms with Crippen LogP contribution >= 0.6 is 0 Å². The van der Waals surface area contributed by atoms with Crippen LogP contribution < -0.4 is 11.2 Å². The average molecular weight is 154 g/mol. The summed E-state index contributed by atoms with van der Waals surface area (Å²) in [5.74, 6) is -0.298. The molecule has 4 N–H and O–H groups in total. The number of aromatic nitrogens is 1. The normalized spacial score (nSPS) is 10.0. The van der Waals surface area contributed by atoms with Gasteiger partial charge in [0.2, 0.25) is 5.43 Å². The summed E-state index contributed by atoms with van der Waals surface area (Å²) in [6, 6.07) is 0. The average Bonchev–Trinajstić information content (AvgIpc) is 1.97. The highest BCUT2D eigenvalue weighted by Gasteiger charge is 2.07. The molecule has 1 heterocycles. The molecule has 4 heteroatoms. The number of nitrogens with two attached hydrogens (primary N) is 1. The van der Waals surface area contributed by atoms with E-state index in [-0.39, 0.29) is 11.4 Å². The molecule has 1 aromatic rings. The molecule has 0 atom stereocenters. The van der Waals surface area contributed by atoms with Crippen molar-refractivity contribution in [2.45, 2.75) is 13.8 Å². The molecule has 0 unspecified atom stereocenters. The molecule has 1 aromatic heterocycles. The maximum absolute atomic E-state index is 11.0. The Hall–Kier alpha value is -1.45. The minimum Gasteiger partial charge on any atom is -0.503 e. The second kappa shape index (κ2) is 2.30. The fraction of sp³-hybridized carbons (Fsp3) is 0.286. The SMILES string of the molecule is Cc1[nH]c(C)c(O)c(=O)c1N. The number of anilines is 1. The molecular weight excluding hydrogens is 144 g/mol. The molecule has 0 aliphatic heterocycles. The van der Waals surface area contributed by atoms with Crippen LogP contribution in [0.4, 0.5) is 5.69 Å². The van der Waals surface area contributed by atoms with Crippen LogP contribution in [0.2, 0.25) is 0 Å². The van der Waals surface area contributed by atoms with Gasteiger partial charge in [0.1, 0.15) is 5.69 Å². The Labute approximate surface area is 63.7 Å². The van der Waals surface area contributed by atoms with Crippen LogP contribution in [-0.4, -0.2) is 10.1 Å². The number of aryl methyl sites for hydroxylation is 2. The minimum atomic E-state index is -0.501. The first-order chi connectivity index (χ1) is 5.04. The van der Waals surface area contributed by atoms with Crippen molar-refractivity contribution >= 4 is 5.69 Å². The third-order valence-corrected chi connectivity index (χ3v) is 1.59. The topological polar surface area (TPSA) is 79.1 Å². The van der Waals surface area contributed by atoms with Crippen molar-refractivity contribution in [3.8, 4) is 5.75 Å². The van der Waals surface area contributed by atoms with Crippen molar-refractivity contribution in [3.05, 3.63) is 21.6 Å². The second-order valence-corrected chi connectivity index (χ2v) is 2.47. The first-order valence-electron chi connectivity index (χ1n) is 3.22. The Morgan fingerprint density at radius 1 is 1.36 bits per heavy atom. The Balaban J connectivity index is 3.59. The highest BCUT2D eigenvalue weighted by Crippen LogP contribution is 2.11.